The molecule has 2 aliphatic rings. The van der Waals surface area contributed by atoms with Crippen molar-refractivity contribution in [1.82, 2.24) is 9.80 Å². The van der Waals surface area contributed by atoms with Crippen molar-refractivity contribution in [2.24, 2.45) is 11.3 Å². The van der Waals surface area contributed by atoms with Gasteiger partial charge in [-0.3, -0.25) is 9.80 Å². The fraction of sp³-hybridized carbons (Fsp3) is 1.00. The highest BCUT2D eigenvalue weighted by atomic mass is 16.3. The van der Waals surface area contributed by atoms with Gasteiger partial charge in [-0.15, -0.1) is 0 Å². The molecule has 3 heteroatoms. The predicted octanol–water partition coefficient (Wildman–Crippen LogP) is 2.16. The third-order valence-electron chi connectivity index (χ3n) is 4.82. The standard InChI is InChI=1S/C15H30N2O/c1-12(2)13(18)16-10-15(11-16)6-8-17(9-7-15)14(3,4)5/h12-13,18H,6-11H2,1-5H3. The van der Waals surface area contributed by atoms with Crippen molar-refractivity contribution in [2.45, 2.75) is 59.2 Å². The van der Waals surface area contributed by atoms with Crippen molar-refractivity contribution in [3.8, 4) is 0 Å². The van der Waals surface area contributed by atoms with Crippen molar-refractivity contribution in [3.05, 3.63) is 0 Å². The van der Waals surface area contributed by atoms with Crippen molar-refractivity contribution in [2.75, 3.05) is 26.2 Å². The summed E-state index contributed by atoms with van der Waals surface area (Å²) in [5.74, 6) is 0.344. The van der Waals surface area contributed by atoms with Gasteiger partial charge in [0.2, 0.25) is 0 Å². The summed E-state index contributed by atoms with van der Waals surface area (Å²) in [6, 6.07) is 0. The van der Waals surface area contributed by atoms with Crippen molar-refractivity contribution >= 4 is 0 Å². The van der Waals surface area contributed by atoms with E-state index in [1.165, 1.54) is 25.9 Å². The fourth-order valence-electron chi connectivity index (χ4n) is 3.39. The van der Waals surface area contributed by atoms with Crippen LogP contribution in [0.3, 0.4) is 0 Å². The summed E-state index contributed by atoms with van der Waals surface area (Å²) in [6.45, 7) is 15.7. The van der Waals surface area contributed by atoms with Gasteiger partial charge in [0.25, 0.3) is 0 Å². The van der Waals surface area contributed by atoms with Gasteiger partial charge in [-0.25, -0.2) is 0 Å². The monoisotopic (exact) mass is 254 g/mol. The summed E-state index contributed by atoms with van der Waals surface area (Å²) >= 11 is 0. The molecule has 0 aromatic rings. The Morgan fingerprint density at radius 1 is 1.06 bits per heavy atom. The molecule has 0 radical (unpaired) electrons. The molecule has 0 saturated carbocycles. The van der Waals surface area contributed by atoms with E-state index in [9.17, 15) is 5.11 Å². The Balaban J connectivity index is 1.82. The molecule has 2 rings (SSSR count). The van der Waals surface area contributed by atoms with Crippen molar-refractivity contribution < 1.29 is 5.11 Å². The lowest BCUT2D eigenvalue weighted by Gasteiger charge is -2.57. The molecule has 1 spiro atoms. The third-order valence-corrected chi connectivity index (χ3v) is 4.82. The number of hydrogen-bond donors (Lipinski definition) is 1. The van der Waals surface area contributed by atoms with Crippen molar-refractivity contribution in [3.63, 3.8) is 0 Å². The molecule has 2 heterocycles. The Hall–Kier alpha value is -0.120. The predicted molar refractivity (Wildman–Crippen MR) is 75.4 cm³/mol. The van der Waals surface area contributed by atoms with Gasteiger partial charge in [0.05, 0.1) is 0 Å². The minimum absolute atomic E-state index is 0.240. The van der Waals surface area contributed by atoms with E-state index < -0.39 is 0 Å². The van der Waals surface area contributed by atoms with Gasteiger partial charge < -0.3 is 5.11 Å². The van der Waals surface area contributed by atoms with Crippen molar-refractivity contribution in [1.29, 1.82) is 0 Å². The minimum atomic E-state index is -0.240. The van der Waals surface area contributed by atoms with Crippen LogP contribution in [0.4, 0.5) is 0 Å². The first-order valence-electron chi connectivity index (χ1n) is 7.41. The molecule has 2 saturated heterocycles. The molecule has 18 heavy (non-hydrogen) atoms. The zero-order chi connectivity index (χ0) is 13.6. The second-order valence-electron chi connectivity index (χ2n) is 7.72. The lowest BCUT2D eigenvalue weighted by atomic mass is 9.71. The zero-order valence-corrected chi connectivity index (χ0v) is 12.7. The maximum atomic E-state index is 10.1. The van der Waals surface area contributed by atoms with Crippen LogP contribution < -0.4 is 0 Å². The molecule has 0 amide bonds. The molecule has 0 aromatic heterocycles. The molecule has 0 bridgehead atoms. The number of aliphatic hydroxyl groups excluding tert-OH is 1. The zero-order valence-electron chi connectivity index (χ0n) is 12.7. The SMILES string of the molecule is CC(C)C(O)N1CC2(CCN(C(C)(C)C)CC2)C1. The molecule has 1 N–H and O–H groups in total. The number of rotatable bonds is 2. The van der Waals surface area contributed by atoms with Crippen LogP contribution in [0.1, 0.15) is 47.5 Å². The first kappa shape index (κ1) is 14.3. The Bertz CT molecular complexity index is 279. The van der Waals surface area contributed by atoms with Gasteiger partial charge in [0.15, 0.2) is 0 Å². The number of aliphatic hydroxyl groups is 1. The Kier molecular flexibility index (Phi) is 3.79. The van der Waals surface area contributed by atoms with Gasteiger partial charge in [0, 0.05) is 18.6 Å². The lowest BCUT2D eigenvalue weighted by Crippen LogP contribution is -2.64. The van der Waals surface area contributed by atoms with E-state index in [1.807, 2.05) is 0 Å². The quantitative estimate of drug-likeness (QED) is 0.818. The van der Waals surface area contributed by atoms with E-state index in [2.05, 4.69) is 44.4 Å². The van der Waals surface area contributed by atoms with Crippen LogP contribution in [0.25, 0.3) is 0 Å². The summed E-state index contributed by atoms with van der Waals surface area (Å²) in [5.41, 5.74) is 0.820. The highest BCUT2D eigenvalue weighted by Crippen LogP contribution is 2.42. The van der Waals surface area contributed by atoms with Crippen LogP contribution in [0, 0.1) is 11.3 Å². The average molecular weight is 254 g/mol. The van der Waals surface area contributed by atoms with Crippen LogP contribution in [0.5, 0.6) is 0 Å². The van der Waals surface area contributed by atoms with E-state index in [-0.39, 0.29) is 6.23 Å². The van der Waals surface area contributed by atoms with E-state index in [1.54, 1.807) is 0 Å². The molecule has 1 atom stereocenters. The summed E-state index contributed by atoms with van der Waals surface area (Å²) in [5, 5.41) is 10.1. The topological polar surface area (TPSA) is 26.7 Å². The van der Waals surface area contributed by atoms with E-state index in [4.69, 9.17) is 0 Å². The Labute approximate surface area is 112 Å². The maximum Gasteiger partial charge on any atom is 0.109 e. The van der Waals surface area contributed by atoms with Crippen LogP contribution >= 0.6 is 0 Å². The number of nitrogens with zero attached hydrogens (tertiary/aromatic N) is 2. The van der Waals surface area contributed by atoms with Crippen LogP contribution in [-0.2, 0) is 0 Å². The van der Waals surface area contributed by atoms with Crippen LogP contribution in [0.2, 0.25) is 0 Å². The summed E-state index contributed by atoms with van der Waals surface area (Å²) in [6.07, 6.45) is 2.35. The molecule has 1 unspecified atom stereocenters. The summed E-state index contributed by atoms with van der Waals surface area (Å²) < 4.78 is 0. The Morgan fingerprint density at radius 2 is 1.56 bits per heavy atom. The molecule has 106 valence electrons. The first-order chi connectivity index (χ1) is 8.23. The normalized spacial score (nSPS) is 27.5. The number of piperidine rings is 1. The van der Waals surface area contributed by atoms with E-state index in [0.717, 1.165) is 13.1 Å². The van der Waals surface area contributed by atoms with Gasteiger partial charge in [-0.2, -0.15) is 0 Å². The molecule has 2 fully saturated rings. The molecular formula is C15H30N2O. The number of hydrogen-bond acceptors (Lipinski definition) is 3. The third kappa shape index (κ3) is 2.73. The fourth-order valence-corrected chi connectivity index (χ4v) is 3.39. The average Bonchev–Trinajstić information content (AvgIpc) is 2.23. The molecule has 3 nitrogen and oxygen atoms in total. The second kappa shape index (κ2) is 4.77. The van der Waals surface area contributed by atoms with E-state index >= 15 is 0 Å². The summed E-state index contributed by atoms with van der Waals surface area (Å²) in [7, 11) is 0. The van der Waals surface area contributed by atoms with Gasteiger partial charge >= 0.3 is 0 Å². The smallest absolute Gasteiger partial charge is 0.109 e. The van der Waals surface area contributed by atoms with E-state index in [0.29, 0.717) is 16.9 Å². The second-order valence-corrected chi connectivity index (χ2v) is 7.72. The van der Waals surface area contributed by atoms with Crippen LogP contribution in [-0.4, -0.2) is 52.9 Å². The molecule has 0 aromatic carbocycles. The maximum absolute atomic E-state index is 10.1. The lowest BCUT2D eigenvalue weighted by molar-refractivity contribution is -0.149. The molecule has 2 aliphatic heterocycles. The largest absolute Gasteiger partial charge is 0.378 e. The highest BCUT2D eigenvalue weighted by molar-refractivity contribution is 5.00. The van der Waals surface area contributed by atoms with Gasteiger partial charge in [-0.1, -0.05) is 13.8 Å². The van der Waals surface area contributed by atoms with Crippen LogP contribution in [0.15, 0.2) is 0 Å². The summed E-state index contributed by atoms with van der Waals surface area (Å²) in [4.78, 5) is 4.84. The molecular weight excluding hydrogens is 224 g/mol. The first-order valence-corrected chi connectivity index (χ1v) is 7.41. The highest BCUT2D eigenvalue weighted by Gasteiger charge is 2.47. The minimum Gasteiger partial charge on any atom is -0.378 e. The Morgan fingerprint density at radius 3 is 1.94 bits per heavy atom. The van der Waals surface area contributed by atoms with Gasteiger partial charge in [0.1, 0.15) is 6.23 Å². The number of likely N-dealkylation sites (tertiary alicyclic amines) is 2. The molecule has 0 aliphatic carbocycles. The van der Waals surface area contributed by atoms with Gasteiger partial charge in [-0.05, 0) is 58.0 Å².